The summed E-state index contributed by atoms with van der Waals surface area (Å²) in [7, 11) is 4.38. The Morgan fingerprint density at radius 1 is 0.923 bits per heavy atom. The summed E-state index contributed by atoms with van der Waals surface area (Å²) < 4.78 is 54.8. The van der Waals surface area contributed by atoms with Crippen LogP contribution in [0.3, 0.4) is 0 Å². The van der Waals surface area contributed by atoms with Crippen LogP contribution in [-0.2, 0) is 6.18 Å². The lowest BCUT2D eigenvalue weighted by Crippen LogP contribution is -2.21. The Morgan fingerprint density at radius 2 is 1.50 bits per heavy atom. The number of thiocarbonyl (C=S) groups is 1. The molecule has 2 aromatic rings. The zero-order chi connectivity index (χ0) is 19.3. The second kappa shape index (κ2) is 8.13. The van der Waals surface area contributed by atoms with Gasteiger partial charge in [0.1, 0.15) is 0 Å². The molecule has 0 radical (unpaired) electrons. The van der Waals surface area contributed by atoms with Gasteiger partial charge >= 0.3 is 6.18 Å². The van der Waals surface area contributed by atoms with Crippen molar-refractivity contribution in [3.8, 4) is 17.2 Å². The monoisotopic (exact) mass is 386 g/mol. The minimum atomic E-state index is -4.49. The van der Waals surface area contributed by atoms with E-state index < -0.39 is 11.7 Å². The van der Waals surface area contributed by atoms with E-state index in [-0.39, 0.29) is 10.8 Å². The van der Waals surface area contributed by atoms with Gasteiger partial charge in [0.2, 0.25) is 5.75 Å². The molecule has 9 heteroatoms. The van der Waals surface area contributed by atoms with Gasteiger partial charge in [-0.2, -0.15) is 13.2 Å². The third-order valence-corrected chi connectivity index (χ3v) is 3.61. The van der Waals surface area contributed by atoms with Crippen molar-refractivity contribution in [1.29, 1.82) is 0 Å². The molecule has 0 aliphatic heterocycles. The van der Waals surface area contributed by atoms with Crippen LogP contribution in [0.1, 0.15) is 5.56 Å². The summed E-state index contributed by atoms with van der Waals surface area (Å²) in [6.45, 7) is 0. The molecule has 0 aromatic heterocycles. The SMILES string of the molecule is COc1cc(NC(=S)Nc2ccccc2C(F)(F)F)cc(OC)c1OC. The smallest absolute Gasteiger partial charge is 0.418 e. The fourth-order valence-corrected chi connectivity index (χ4v) is 2.51. The van der Waals surface area contributed by atoms with E-state index in [1.54, 1.807) is 12.1 Å². The highest BCUT2D eigenvalue weighted by Gasteiger charge is 2.33. The first-order valence-corrected chi connectivity index (χ1v) is 7.75. The molecule has 0 fully saturated rings. The first-order chi connectivity index (χ1) is 12.3. The lowest BCUT2D eigenvalue weighted by molar-refractivity contribution is -0.136. The van der Waals surface area contributed by atoms with E-state index in [2.05, 4.69) is 10.6 Å². The first-order valence-electron chi connectivity index (χ1n) is 7.34. The average molecular weight is 386 g/mol. The largest absolute Gasteiger partial charge is 0.493 e. The molecule has 2 aromatic carbocycles. The highest BCUT2D eigenvalue weighted by molar-refractivity contribution is 7.80. The van der Waals surface area contributed by atoms with Crippen LogP contribution in [0, 0.1) is 0 Å². The average Bonchev–Trinajstić information content (AvgIpc) is 2.60. The maximum absolute atomic E-state index is 13.1. The maximum Gasteiger partial charge on any atom is 0.418 e. The molecule has 0 heterocycles. The summed E-state index contributed by atoms with van der Waals surface area (Å²) in [5.41, 5.74) is -0.500. The van der Waals surface area contributed by atoms with Gasteiger partial charge in [0.25, 0.3) is 0 Å². The van der Waals surface area contributed by atoms with Crippen LogP contribution in [0.15, 0.2) is 36.4 Å². The zero-order valence-electron chi connectivity index (χ0n) is 14.2. The predicted molar refractivity (Wildman–Crippen MR) is 97.4 cm³/mol. The van der Waals surface area contributed by atoms with Crippen LogP contribution in [-0.4, -0.2) is 26.4 Å². The summed E-state index contributed by atoms with van der Waals surface area (Å²) in [6, 6.07) is 8.25. The minimum absolute atomic E-state index is 0.0176. The molecule has 0 spiro atoms. The van der Waals surface area contributed by atoms with Gasteiger partial charge in [-0.15, -0.1) is 0 Å². The molecule has 0 saturated carbocycles. The van der Waals surface area contributed by atoms with Crippen molar-refractivity contribution in [3.63, 3.8) is 0 Å². The number of alkyl halides is 3. The minimum Gasteiger partial charge on any atom is -0.493 e. The summed E-state index contributed by atoms with van der Waals surface area (Å²) in [5, 5.41) is 5.35. The van der Waals surface area contributed by atoms with E-state index >= 15 is 0 Å². The molecular formula is C17H17F3N2O3S. The molecule has 5 nitrogen and oxygen atoms in total. The molecule has 0 bridgehead atoms. The quantitative estimate of drug-likeness (QED) is 0.736. The summed E-state index contributed by atoms with van der Waals surface area (Å²) in [6.07, 6.45) is -4.49. The second-order valence-corrected chi connectivity index (χ2v) is 5.44. The van der Waals surface area contributed by atoms with Crippen molar-refractivity contribution < 1.29 is 27.4 Å². The number of ether oxygens (including phenoxy) is 3. The third-order valence-electron chi connectivity index (χ3n) is 3.40. The van der Waals surface area contributed by atoms with Crippen LogP contribution < -0.4 is 24.8 Å². The second-order valence-electron chi connectivity index (χ2n) is 5.04. The van der Waals surface area contributed by atoms with Crippen LogP contribution >= 0.6 is 12.2 Å². The standard InChI is InChI=1S/C17H17F3N2O3S/c1-23-13-8-10(9-14(24-2)15(13)25-3)21-16(26)22-12-7-5-4-6-11(12)17(18,19)20/h4-9H,1-3H3,(H2,21,22,26). The normalized spacial score (nSPS) is 10.8. The van der Waals surface area contributed by atoms with Gasteiger partial charge in [0.05, 0.1) is 32.6 Å². The Balaban J connectivity index is 2.24. The number of halogens is 3. The van der Waals surface area contributed by atoms with Gasteiger partial charge in [-0.25, -0.2) is 0 Å². The molecule has 26 heavy (non-hydrogen) atoms. The number of para-hydroxylation sites is 1. The molecule has 140 valence electrons. The highest BCUT2D eigenvalue weighted by atomic mass is 32.1. The number of hydrogen-bond donors (Lipinski definition) is 2. The van der Waals surface area contributed by atoms with E-state index in [9.17, 15) is 13.2 Å². The first kappa shape index (κ1) is 19.6. The number of methoxy groups -OCH3 is 3. The maximum atomic E-state index is 13.1. The van der Waals surface area contributed by atoms with Gasteiger partial charge in [-0.3, -0.25) is 0 Å². The van der Waals surface area contributed by atoms with Crippen molar-refractivity contribution >= 4 is 28.7 Å². The van der Waals surface area contributed by atoms with Crippen molar-refractivity contribution in [1.82, 2.24) is 0 Å². The zero-order valence-corrected chi connectivity index (χ0v) is 15.0. The Bertz CT molecular complexity index is 772. The van der Waals surface area contributed by atoms with Gasteiger partial charge in [-0.1, -0.05) is 12.1 Å². The summed E-state index contributed by atoms with van der Waals surface area (Å²) >= 11 is 5.12. The van der Waals surface area contributed by atoms with E-state index in [0.717, 1.165) is 6.07 Å². The molecule has 0 saturated heterocycles. The van der Waals surface area contributed by atoms with E-state index in [0.29, 0.717) is 22.9 Å². The van der Waals surface area contributed by atoms with Gasteiger partial charge in [0.15, 0.2) is 16.6 Å². The van der Waals surface area contributed by atoms with Crippen molar-refractivity contribution in [2.24, 2.45) is 0 Å². The van der Waals surface area contributed by atoms with Crippen LogP contribution in [0.25, 0.3) is 0 Å². The van der Waals surface area contributed by atoms with Crippen molar-refractivity contribution in [2.45, 2.75) is 6.18 Å². The summed E-state index contributed by atoms with van der Waals surface area (Å²) in [5.74, 6) is 1.16. The number of rotatable bonds is 5. The van der Waals surface area contributed by atoms with E-state index in [1.165, 1.54) is 39.5 Å². The number of hydrogen-bond acceptors (Lipinski definition) is 4. The van der Waals surface area contributed by atoms with Crippen LogP contribution in [0.2, 0.25) is 0 Å². The number of nitrogens with one attached hydrogen (secondary N) is 2. The molecule has 0 atom stereocenters. The topological polar surface area (TPSA) is 51.8 Å². The lowest BCUT2D eigenvalue weighted by atomic mass is 10.1. The molecule has 0 amide bonds. The Morgan fingerprint density at radius 3 is 2.00 bits per heavy atom. The Kier molecular flexibility index (Phi) is 6.14. The Hall–Kier alpha value is -2.68. The molecular weight excluding hydrogens is 369 g/mol. The highest BCUT2D eigenvalue weighted by Crippen LogP contribution is 2.40. The molecule has 0 aliphatic rings. The van der Waals surface area contributed by atoms with Gasteiger partial charge in [0, 0.05) is 17.8 Å². The van der Waals surface area contributed by atoms with Crippen molar-refractivity contribution in [3.05, 3.63) is 42.0 Å². The number of benzene rings is 2. The van der Waals surface area contributed by atoms with E-state index in [1.807, 2.05) is 0 Å². The van der Waals surface area contributed by atoms with Crippen LogP contribution in [0.5, 0.6) is 17.2 Å². The fourth-order valence-electron chi connectivity index (χ4n) is 2.28. The van der Waals surface area contributed by atoms with Crippen LogP contribution in [0.4, 0.5) is 24.5 Å². The lowest BCUT2D eigenvalue weighted by Gasteiger charge is -2.17. The molecule has 2 N–H and O–H groups in total. The van der Waals surface area contributed by atoms with Gasteiger partial charge in [-0.05, 0) is 24.4 Å². The molecule has 0 aliphatic carbocycles. The molecule has 0 unspecified atom stereocenters. The predicted octanol–water partition coefficient (Wildman–Crippen LogP) is 4.54. The van der Waals surface area contributed by atoms with E-state index in [4.69, 9.17) is 26.4 Å². The van der Waals surface area contributed by atoms with Gasteiger partial charge < -0.3 is 24.8 Å². The number of anilines is 2. The molecule has 2 rings (SSSR count). The fraction of sp³-hybridized carbons (Fsp3) is 0.235. The Labute approximate surface area is 154 Å². The summed E-state index contributed by atoms with van der Waals surface area (Å²) in [4.78, 5) is 0. The third kappa shape index (κ3) is 4.48. The van der Waals surface area contributed by atoms with Crippen molar-refractivity contribution in [2.75, 3.05) is 32.0 Å².